The molecule has 0 radical (unpaired) electrons. The molecule has 10 rings (SSSR count). The Kier molecular flexibility index (Phi) is 7.47. The molecule has 3 aliphatic heterocycles. The number of nitrogens with zero attached hydrogens (tertiary/aromatic N) is 2. The molecule has 3 heterocycles. The van der Waals surface area contributed by atoms with Crippen LogP contribution in [0.1, 0.15) is 29.6 Å². The summed E-state index contributed by atoms with van der Waals surface area (Å²) in [5, 5.41) is 1.06. The van der Waals surface area contributed by atoms with E-state index in [9.17, 15) is 0 Å². The van der Waals surface area contributed by atoms with E-state index in [0.29, 0.717) is 22.6 Å². The van der Waals surface area contributed by atoms with Crippen molar-refractivity contribution in [1.82, 2.24) is 0 Å². The maximum Gasteiger partial charge on any atom is 0.0694 e. The molecule has 2 nitrogen and oxygen atoms in total. The smallest absolute Gasteiger partial charge is 0.0694 e. The number of benzene rings is 6. The second-order valence-corrected chi connectivity index (χ2v) is 16.0. The van der Waals surface area contributed by atoms with Gasteiger partial charge in [0, 0.05) is 37.4 Å². The predicted molar refractivity (Wildman–Crippen MR) is 213 cm³/mol. The van der Waals surface area contributed by atoms with Gasteiger partial charge in [-0.05, 0) is 88.3 Å². The van der Waals surface area contributed by atoms with Crippen LogP contribution >= 0.6 is 23.5 Å². The highest BCUT2D eigenvalue weighted by atomic mass is 32.2. The average molecular weight is 681 g/mol. The van der Waals surface area contributed by atoms with Crippen LogP contribution in [0, 0.1) is 0 Å². The van der Waals surface area contributed by atoms with Crippen LogP contribution in [0.15, 0.2) is 186 Å². The van der Waals surface area contributed by atoms with Gasteiger partial charge in [0.05, 0.1) is 18.1 Å². The lowest BCUT2D eigenvalue weighted by molar-refractivity contribution is 0.675. The van der Waals surface area contributed by atoms with Gasteiger partial charge in [-0.2, -0.15) is 0 Å². The van der Waals surface area contributed by atoms with Crippen molar-refractivity contribution in [2.24, 2.45) is 0 Å². The first-order chi connectivity index (χ1) is 24.8. The van der Waals surface area contributed by atoms with Crippen LogP contribution < -0.4 is 9.80 Å². The number of rotatable bonds is 6. The molecule has 0 N–H and O–H groups in total. The van der Waals surface area contributed by atoms with Crippen molar-refractivity contribution in [3.05, 3.63) is 187 Å². The van der Waals surface area contributed by atoms with E-state index in [1.807, 2.05) is 0 Å². The molecule has 4 heteroatoms. The van der Waals surface area contributed by atoms with E-state index in [2.05, 4.69) is 209 Å². The summed E-state index contributed by atoms with van der Waals surface area (Å²) in [5.74, 6) is 0. The highest BCUT2D eigenvalue weighted by Gasteiger charge is 2.57. The number of fused-ring (bicyclic) bond motifs is 7. The molecule has 1 fully saturated rings. The van der Waals surface area contributed by atoms with Crippen LogP contribution in [0.5, 0.6) is 0 Å². The third-order valence-corrected chi connectivity index (χ3v) is 13.8. The molecule has 0 spiro atoms. The molecule has 0 aromatic heterocycles. The minimum atomic E-state index is 0.246. The van der Waals surface area contributed by atoms with E-state index in [1.165, 1.54) is 60.2 Å². The molecule has 1 saturated heterocycles. The van der Waals surface area contributed by atoms with Crippen molar-refractivity contribution in [1.29, 1.82) is 0 Å². The van der Waals surface area contributed by atoms with E-state index >= 15 is 0 Å². The minimum absolute atomic E-state index is 0.246. The van der Waals surface area contributed by atoms with E-state index < -0.39 is 0 Å². The van der Waals surface area contributed by atoms with Crippen LogP contribution in [0.2, 0.25) is 0 Å². The average Bonchev–Trinajstić information content (AvgIpc) is 3.85. The Morgan fingerprint density at radius 2 is 1.08 bits per heavy atom. The summed E-state index contributed by atoms with van der Waals surface area (Å²) in [6.45, 7) is 0. The second-order valence-electron chi connectivity index (χ2n) is 13.5. The van der Waals surface area contributed by atoms with Crippen molar-refractivity contribution < 1.29 is 0 Å². The number of allylic oxidation sites excluding steroid dienone is 2. The Hall–Kier alpha value is -4.90. The molecular formula is C46H36N2S2. The predicted octanol–water partition coefficient (Wildman–Crippen LogP) is 12.3. The molecule has 0 saturated carbocycles. The quantitative estimate of drug-likeness (QED) is 0.173. The molecule has 0 bridgehead atoms. The second kappa shape index (κ2) is 12.5. The molecule has 242 valence electrons. The zero-order valence-electron chi connectivity index (χ0n) is 27.5. The molecule has 50 heavy (non-hydrogen) atoms. The van der Waals surface area contributed by atoms with Crippen LogP contribution in [0.4, 0.5) is 17.1 Å². The van der Waals surface area contributed by atoms with Gasteiger partial charge < -0.3 is 9.80 Å². The maximum atomic E-state index is 2.75. The first-order valence-corrected chi connectivity index (χ1v) is 19.3. The fraction of sp³-hybridized carbons (Fsp3) is 0.130. The third-order valence-electron chi connectivity index (χ3n) is 10.7. The molecule has 6 aromatic carbocycles. The number of thioether (sulfide) groups is 2. The van der Waals surface area contributed by atoms with Gasteiger partial charge >= 0.3 is 0 Å². The van der Waals surface area contributed by atoms with Gasteiger partial charge in [0.2, 0.25) is 0 Å². The molecule has 0 amide bonds. The summed E-state index contributed by atoms with van der Waals surface area (Å²) in [5.41, 5.74) is 11.6. The molecule has 5 unspecified atom stereocenters. The van der Waals surface area contributed by atoms with Gasteiger partial charge in [-0.15, -0.1) is 23.5 Å². The summed E-state index contributed by atoms with van der Waals surface area (Å²) in [4.78, 5) is 8.12. The van der Waals surface area contributed by atoms with Crippen LogP contribution in [-0.2, 0) is 0 Å². The zero-order chi connectivity index (χ0) is 33.0. The number of hydrogen-bond donors (Lipinski definition) is 0. The maximum absolute atomic E-state index is 2.75. The van der Waals surface area contributed by atoms with Crippen LogP contribution in [0.25, 0.3) is 22.3 Å². The van der Waals surface area contributed by atoms with E-state index in [0.717, 1.165) is 6.42 Å². The fourth-order valence-electron chi connectivity index (χ4n) is 8.44. The standard InChI is InChI=1S/C46H36N2S2/c1-3-12-31(13-4-1)32-22-26-36(27-23-32)47(35-15-5-2-6-16-35)38-17-11-14-34(30-38)33-24-28-37(29-25-33)48-43-39-18-7-9-20-41(39)49-45(43)46-44(48)40-19-8-10-21-42(40)50-46/h1-15,17-30,35,43-46H,16H2. The fourth-order valence-corrected chi connectivity index (χ4v) is 11.7. The van der Waals surface area contributed by atoms with E-state index in [4.69, 9.17) is 0 Å². The Morgan fingerprint density at radius 1 is 0.500 bits per heavy atom. The first-order valence-electron chi connectivity index (χ1n) is 17.6. The van der Waals surface area contributed by atoms with Crippen LogP contribution in [0.3, 0.4) is 0 Å². The zero-order valence-corrected chi connectivity index (χ0v) is 29.2. The SMILES string of the molecule is C1=CCC(N(c2ccc(-c3ccccc3)cc2)c2cccc(-c3ccc(N4C5c6ccccc6SC5C5Sc6ccccc6C54)cc3)c2)C=C1. The Bertz CT molecular complexity index is 2180. The number of anilines is 3. The van der Waals surface area contributed by atoms with Gasteiger partial charge in [0.1, 0.15) is 0 Å². The lowest BCUT2D eigenvalue weighted by Gasteiger charge is -2.33. The largest absolute Gasteiger partial charge is 0.355 e. The molecular weight excluding hydrogens is 645 g/mol. The minimum Gasteiger partial charge on any atom is -0.355 e. The highest BCUT2D eigenvalue weighted by molar-refractivity contribution is 8.04. The lowest BCUT2D eigenvalue weighted by atomic mass is 10.00. The van der Waals surface area contributed by atoms with Crippen molar-refractivity contribution in [3.63, 3.8) is 0 Å². The van der Waals surface area contributed by atoms with E-state index in [-0.39, 0.29) is 6.04 Å². The summed E-state index contributed by atoms with van der Waals surface area (Å²) in [6.07, 6.45) is 9.90. The topological polar surface area (TPSA) is 6.48 Å². The summed E-state index contributed by atoms with van der Waals surface area (Å²) in [6, 6.07) is 57.3. The van der Waals surface area contributed by atoms with Gasteiger partial charge in [0.25, 0.3) is 0 Å². The Labute approximate surface area is 303 Å². The van der Waals surface area contributed by atoms with Gasteiger partial charge in [-0.25, -0.2) is 0 Å². The van der Waals surface area contributed by atoms with Gasteiger partial charge in [-0.1, -0.05) is 127 Å². The number of hydrogen-bond acceptors (Lipinski definition) is 4. The van der Waals surface area contributed by atoms with Crippen molar-refractivity contribution in [2.45, 2.75) is 44.8 Å². The third kappa shape index (κ3) is 5.04. The summed E-state index contributed by atoms with van der Waals surface area (Å²) in [7, 11) is 0. The first kappa shape index (κ1) is 30.0. The van der Waals surface area contributed by atoms with E-state index in [1.54, 1.807) is 0 Å². The molecule has 4 aliphatic rings. The summed E-state index contributed by atoms with van der Waals surface area (Å²) < 4.78 is 0. The molecule has 5 atom stereocenters. The van der Waals surface area contributed by atoms with Gasteiger partial charge in [-0.3, -0.25) is 0 Å². The Morgan fingerprint density at radius 3 is 1.74 bits per heavy atom. The lowest BCUT2D eigenvalue weighted by Crippen LogP contribution is -2.29. The van der Waals surface area contributed by atoms with Crippen molar-refractivity contribution in [2.75, 3.05) is 9.80 Å². The molecule has 1 aliphatic carbocycles. The highest BCUT2D eigenvalue weighted by Crippen LogP contribution is 2.65. The van der Waals surface area contributed by atoms with Crippen molar-refractivity contribution in [3.8, 4) is 22.3 Å². The Balaban J connectivity index is 0.992. The molecule has 6 aromatic rings. The normalized spacial score (nSPS) is 22.6. The summed E-state index contributed by atoms with van der Waals surface area (Å²) >= 11 is 4.18. The van der Waals surface area contributed by atoms with Crippen molar-refractivity contribution >= 4 is 40.6 Å². The van der Waals surface area contributed by atoms with Gasteiger partial charge in [0.15, 0.2) is 0 Å². The van der Waals surface area contributed by atoms with Crippen LogP contribution in [-0.4, -0.2) is 16.5 Å². The monoisotopic (exact) mass is 680 g/mol.